The Hall–Kier alpha value is -1.94. The number of carbonyl (C=O) groups is 4. The van der Waals surface area contributed by atoms with Crippen molar-refractivity contribution in [3.8, 4) is 0 Å². The number of phosphoric acid groups is 2. The van der Waals surface area contributed by atoms with Crippen LogP contribution in [0.3, 0.4) is 0 Å². The van der Waals surface area contributed by atoms with Gasteiger partial charge in [-0.3, -0.25) is 37.3 Å². The Balaban J connectivity index is 5.23. The number of carbonyl (C=O) groups excluding carboxylic acids is 4. The molecule has 0 aliphatic heterocycles. The normalized spacial score (nSPS) is 14.3. The number of rotatable bonds is 63. The highest BCUT2D eigenvalue weighted by Crippen LogP contribution is 2.45. The van der Waals surface area contributed by atoms with Gasteiger partial charge in [-0.1, -0.05) is 266 Å². The van der Waals surface area contributed by atoms with Gasteiger partial charge in [-0.15, -0.1) is 0 Å². The van der Waals surface area contributed by atoms with Crippen LogP contribution in [0.4, 0.5) is 0 Å². The van der Waals surface area contributed by atoms with Crippen LogP contribution >= 0.6 is 15.6 Å². The zero-order valence-corrected chi connectivity index (χ0v) is 55.3. The van der Waals surface area contributed by atoms with Gasteiger partial charge in [0.15, 0.2) is 12.2 Å². The standard InChI is InChI=1S/C64H124O17P2/c1-7-9-11-13-15-20-28-34-40-46-61(66)74-52-59(80-63(68)48-42-36-30-21-16-14-12-10-8-2)54-78-82(70,71)76-50-58(65)51-77-83(72,73)79-55-60(53-75-62(67)47-41-35-29-25-24-27-33-39-45-57(5)6)81-64(69)49-43-37-31-23-19-17-18-22-26-32-38-44-56(3)4/h56-60,65H,7-55H2,1-6H3,(H,70,71)(H,72,73)/t58-,59+,60+/m0/s1. The van der Waals surface area contributed by atoms with Crippen LogP contribution < -0.4 is 0 Å². The number of hydrogen-bond donors (Lipinski definition) is 3. The van der Waals surface area contributed by atoms with Crippen LogP contribution in [0, 0.1) is 11.8 Å². The summed E-state index contributed by atoms with van der Waals surface area (Å²) in [7, 11) is -9.88. The Morgan fingerprint density at radius 3 is 0.819 bits per heavy atom. The molecule has 5 atom stereocenters. The van der Waals surface area contributed by atoms with Crippen LogP contribution in [-0.2, 0) is 65.4 Å². The van der Waals surface area contributed by atoms with Crippen LogP contribution in [0.25, 0.3) is 0 Å². The third-order valence-corrected chi connectivity index (χ3v) is 16.6. The quantitative estimate of drug-likeness (QED) is 0.0222. The Morgan fingerprint density at radius 1 is 0.325 bits per heavy atom. The summed E-state index contributed by atoms with van der Waals surface area (Å²) in [6.45, 7) is 9.43. The number of hydrogen-bond acceptors (Lipinski definition) is 15. The number of aliphatic hydroxyl groups is 1. The molecule has 0 aliphatic carbocycles. The Morgan fingerprint density at radius 2 is 0.554 bits per heavy atom. The van der Waals surface area contributed by atoms with E-state index in [0.717, 1.165) is 102 Å². The van der Waals surface area contributed by atoms with Gasteiger partial charge in [0.2, 0.25) is 0 Å². The molecule has 0 heterocycles. The van der Waals surface area contributed by atoms with Crippen molar-refractivity contribution in [1.82, 2.24) is 0 Å². The molecule has 19 heteroatoms. The monoisotopic (exact) mass is 1230 g/mol. The average molecular weight is 1230 g/mol. The van der Waals surface area contributed by atoms with Crippen LogP contribution in [0.2, 0.25) is 0 Å². The third-order valence-electron chi connectivity index (χ3n) is 14.7. The van der Waals surface area contributed by atoms with E-state index in [-0.39, 0.29) is 25.7 Å². The molecule has 0 spiro atoms. The molecule has 0 rings (SSSR count). The van der Waals surface area contributed by atoms with E-state index >= 15 is 0 Å². The molecule has 0 aliphatic rings. The van der Waals surface area contributed by atoms with Crippen molar-refractivity contribution < 1.29 is 80.2 Å². The van der Waals surface area contributed by atoms with Crippen molar-refractivity contribution in [3.63, 3.8) is 0 Å². The van der Waals surface area contributed by atoms with Crippen molar-refractivity contribution in [2.24, 2.45) is 11.8 Å². The predicted molar refractivity (Wildman–Crippen MR) is 331 cm³/mol. The lowest BCUT2D eigenvalue weighted by atomic mass is 10.0. The number of aliphatic hydroxyl groups excluding tert-OH is 1. The van der Waals surface area contributed by atoms with Gasteiger partial charge in [0.05, 0.1) is 26.4 Å². The van der Waals surface area contributed by atoms with Crippen molar-refractivity contribution in [3.05, 3.63) is 0 Å². The number of phosphoric ester groups is 2. The topological polar surface area (TPSA) is 237 Å². The summed E-state index contributed by atoms with van der Waals surface area (Å²) in [5.74, 6) is -0.644. The molecular formula is C64H124O17P2. The highest BCUT2D eigenvalue weighted by atomic mass is 31.2. The fourth-order valence-corrected chi connectivity index (χ4v) is 11.1. The molecule has 0 fully saturated rings. The molecule has 2 unspecified atom stereocenters. The minimum atomic E-state index is -4.94. The molecule has 0 aromatic heterocycles. The Kier molecular flexibility index (Phi) is 55.2. The highest BCUT2D eigenvalue weighted by Gasteiger charge is 2.30. The molecule has 0 radical (unpaired) electrons. The first-order valence-electron chi connectivity index (χ1n) is 33.5. The first kappa shape index (κ1) is 81.1. The van der Waals surface area contributed by atoms with Crippen molar-refractivity contribution in [2.45, 2.75) is 336 Å². The molecule has 17 nitrogen and oxygen atoms in total. The number of unbranched alkanes of at least 4 members (excludes halogenated alkanes) is 33. The molecule has 492 valence electrons. The zero-order valence-electron chi connectivity index (χ0n) is 53.5. The van der Waals surface area contributed by atoms with Crippen LogP contribution in [0.5, 0.6) is 0 Å². The molecule has 0 saturated carbocycles. The average Bonchev–Trinajstić information content (AvgIpc) is 3.44. The van der Waals surface area contributed by atoms with E-state index < -0.39 is 97.5 Å². The zero-order chi connectivity index (χ0) is 61.5. The van der Waals surface area contributed by atoms with Gasteiger partial charge in [-0.25, -0.2) is 9.13 Å². The number of esters is 4. The van der Waals surface area contributed by atoms with E-state index in [1.54, 1.807) is 0 Å². The number of ether oxygens (including phenoxy) is 4. The van der Waals surface area contributed by atoms with Gasteiger partial charge >= 0.3 is 39.5 Å². The Labute approximate surface area is 505 Å². The fourth-order valence-electron chi connectivity index (χ4n) is 9.53. The Bertz CT molecular complexity index is 1630. The SMILES string of the molecule is CCCCCCCCCCCC(=O)OC[C@H](COP(=O)(O)OC[C@H](O)COP(=O)(O)OC[C@@H](COC(=O)CCCCCCCCCCC(C)C)OC(=O)CCCCCCCCCCCCCC(C)C)OC(=O)CCCCCCCCCCC. The lowest BCUT2D eigenvalue weighted by Crippen LogP contribution is -2.30. The second-order valence-corrected chi connectivity index (χ2v) is 27.0. The van der Waals surface area contributed by atoms with E-state index in [2.05, 4.69) is 41.5 Å². The first-order chi connectivity index (χ1) is 39.9. The van der Waals surface area contributed by atoms with E-state index in [1.165, 1.54) is 135 Å². The first-order valence-corrected chi connectivity index (χ1v) is 36.5. The van der Waals surface area contributed by atoms with Gasteiger partial charge < -0.3 is 33.8 Å². The molecular weight excluding hydrogens is 1100 g/mol. The molecule has 0 saturated heterocycles. The van der Waals surface area contributed by atoms with Crippen LogP contribution in [0.15, 0.2) is 0 Å². The van der Waals surface area contributed by atoms with E-state index in [1.807, 2.05) is 0 Å². The molecule has 0 amide bonds. The second kappa shape index (κ2) is 56.6. The summed E-state index contributed by atoms with van der Waals surface area (Å²) in [4.78, 5) is 72.1. The van der Waals surface area contributed by atoms with Gasteiger partial charge in [0.1, 0.15) is 19.3 Å². The van der Waals surface area contributed by atoms with Crippen LogP contribution in [-0.4, -0.2) is 96.7 Å². The minimum Gasteiger partial charge on any atom is -0.462 e. The lowest BCUT2D eigenvalue weighted by Gasteiger charge is -2.21. The van der Waals surface area contributed by atoms with E-state index in [0.29, 0.717) is 25.7 Å². The van der Waals surface area contributed by atoms with Crippen molar-refractivity contribution >= 4 is 39.5 Å². The summed E-state index contributed by atoms with van der Waals surface area (Å²) in [6, 6.07) is 0. The maximum absolute atomic E-state index is 13.0. The lowest BCUT2D eigenvalue weighted by molar-refractivity contribution is -0.161. The summed E-state index contributed by atoms with van der Waals surface area (Å²) in [5, 5.41) is 10.5. The predicted octanol–water partition coefficient (Wildman–Crippen LogP) is 17.7. The summed E-state index contributed by atoms with van der Waals surface area (Å²) < 4.78 is 67.9. The van der Waals surface area contributed by atoms with E-state index in [4.69, 9.17) is 37.0 Å². The summed E-state index contributed by atoms with van der Waals surface area (Å²) in [5.41, 5.74) is 0. The van der Waals surface area contributed by atoms with Gasteiger partial charge in [0, 0.05) is 25.7 Å². The third kappa shape index (κ3) is 58.8. The largest absolute Gasteiger partial charge is 0.472 e. The fraction of sp³-hybridized carbons (Fsp3) is 0.938. The molecule has 0 aromatic rings. The summed E-state index contributed by atoms with van der Waals surface area (Å²) in [6.07, 6.45) is 38.9. The van der Waals surface area contributed by atoms with Crippen molar-refractivity contribution in [2.75, 3.05) is 39.6 Å². The maximum Gasteiger partial charge on any atom is 0.472 e. The van der Waals surface area contributed by atoms with Crippen LogP contribution in [0.1, 0.15) is 318 Å². The molecule has 3 N–H and O–H groups in total. The van der Waals surface area contributed by atoms with Gasteiger partial charge in [-0.05, 0) is 37.5 Å². The smallest absolute Gasteiger partial charge is 0.462 e. The van der Waals surface area contributed by atoms with Crippen molar-refractivity contribution in [1.29, 1.82) is 0 Å². The molecule has 0 bridgehead atoms. The molecule has 83 heavy (non-hydrogen) atoms. The summed E-state index contributed by atoms with van der Waals surface area (Å²) >= 11 is 0. The maximum atomic E-state index is 13.0. The second-order valence-electron chi connectivity index (χ2n) is 24.1. The molecule has 0 aromatic carbocycles. The highest BCUT2D eigenvalue weighted by molar-refractivity contribution is 7.47. The van der Waals surface area contributed by atoms with Gasteiger partial charge in [0.25, 0.3) is 0 Å². The van der Waals surface area contributed by atoms with E-state index in [9.17, 15) is 43.2 Å². The van der Waals surface area contributed by atoms with Gasteiger partial charge in [-0.2, -0.15) is 0 Å². The minimum absolute atomic E-state index is 0.105.